The van der Waals surface area contributed by atoms with E-state index in [4.69, 9.17) is 0 Å². The van der Waals surface area contributed by atoms with Gasteiger partial charge < -0.3 is 10.2 Å². The minimum Gasteiger partial charge on any atom is -0.390 e. The summed E-state index contributed by atoms with van der Waals surface area (Å²) in [6.07, 6.45) is 0.766. The van der Waals surface area contributed by atoms with Gasteiger partial charge in [-0.25, -0.2) is 0 Å². The van der Waals surface area contributed by atoms with Gasteiger partial charge in [0.1, 0.15) is 0 Å². The molecule has 0 aromatic carbocycles. The van der Waals surface area contributed by atoms with Crippen molar-refractivity contribution < 1.29 is 10.2 Å². The molecule has 0 bridgehead atoms. The summed E-state index contributed by atoms with van der Waals surface area (Å²) in [5.41, 5.74) is 0. The monoisotopic (exact) mass is 210 g/mol. The molecular weight excluding hydrogens is 192 g/mol. The molecule has 0 saturated carbocycles. The highest BCUT2D eigenvalue weighted by Crippen LogP contribution is 2.13. The maximum atomic E-state index is 9.41. The van der Waals surface area contributed by atoms with Crippen LogP contribution in [0.1, 0.15) is 13.8 Å². The zero-order chi connectivity index (χ0) is 9.56. The first-order chi connectivity index (χ1) is 5.57. The van der Waals surface area contributed by atoms with Gasteiger partial charge in [0, 0.05) is 11.5 Å². The van der Waals surface area contributed by atoms with Gasteiger partial charge >= 0.3 is 0 Å². The van der Waals surface area contributed by atoms with Crippen LogP contribution in [0.2, 0.25) is 0 Å². The molecule has 0 radical (unpaired) electrons. The minimum atomic E-state index is -0.579. The Balaban J connectivity index is 3.49. The maximum Gasteiger partial charge on any atom is 0.0897 e. The van der Waals surface area contributed by atoms with Crippen molar-refractivity contribution in [3.8, 4) is 0 Å². The molecule has 0 saturated heterocycles. The molecule has 4 heteroatoms. The Bertz CT molecular complexity index is 109. The molecular formula is C8H18O2S2. The van der Waals surface area contributed by atoms with Crippen LogP contribution in [0.5, 0.6) is 0 Å². The number of hydrogen-bond donors (Lipinski definition) is 2. The van der Waals surface area contributed by atoms with Gasteiger partial charge in [0.15, 0.2) is 0 Å². The first-order valence-electron chi connectivity index (χ1n) is 4.04. The molecule has 0 heterocycles. The standard InChI is InChI=1S/C8H18O2S2/c1-6(2)12-5-8(10)7(9)4-11-3/h6-10H,4-5H2,1-3H3. The highest BCUT2D eigenvalue weighted by Gasteiger charge is 2.15. The minimum absolute atomic E-state index is 0.515. The average Bonchev–Trinajstić information content (AvgIpc) is 2.00. The molecule has 74 valence electrons. The highest BCUT2D eigenvalue weighted by molar-refractivity contribution is 7.99. The fourth-order valence-corrected chi connectivity index (χ4v) is 2.05. The Morgan fingerprint density at radius 3 is 2.00 bits per heavy atom. The van der Waals surface area contributed by atoms with E-state index in [0.717, 1.165) is 0 Å². The van der Waals surface area contributed by atoms with Gasteiger partial charge in [-0.15, -0.1) is 0 Å². The van der Waals surface area contributed by atoms with E-state index in [1.807, 2.05) is 6.26 Å². The van der Waals surface area contributed by atoms with E-state index >= 15 is 0 Å². The second kappa shape index (κ2) is 7.06. The molecule has 2 unspecified atom stereocenters. The SMILES string of the molecule is CSCC(O)C(O)CSC(C)C. The molecule has 2 atom stereocenters. The van der Waals surface area contributed by atoms with Crippen molar-refractivity contribution in [3.05, 3.63) is 0 Å². The molecule has 2 nitrogen and oxygen atoms in total. The lowest BCUT2D eigenvalue weighted by molar-refractivity contribution is 0.0500. The molecule has 12 heavy (non-hydrogen) atoms. The number of aliphatic hydroxyl groups is 2. The fourth-order valence-electron chi connectivity index (χ4n) is 0.684. The summed E-state index contributed by atoms with van der Waals surface area (Å²) in [5, 5.41) is 19.3. The summed E-state index contributed by atoms with van der Waals surface area (Å²) in [4.78, 5) is 0. The molecule has 0 aromatic rings. The summed E-state index contributed by atoms with van der Waals surface area (Å²) >= 11 is 3.23. The second-order valence-electron chi connectivity index (χ2n) is 2.97. The zero-order valence-corrected chi connectivity index (χ0v) is 9.49. The zero-order valence-electron chi connectivity index (χ0n) is 7.86. The quantitative estimate of drug-likeness (QED) is 0.691. The summed E-state index contributed by atoms with van der Waals surface area (Å²) in [6.45, 7) is 4.16. The molecule has 0 aromatic heterocycles. The molecule has 0 spiro atoms. The van der Waals surface area contributed by atoms with E-state index in [2.05, 4.69) is 13.8 Å². The third kappa shape index (κ3) is 6.17. The van der Waals surface area contributed by atoms with Gasteiger partial charge in [-0.1, -0.05) is 13.8 Å². The summed E-state index contributed by atoms with van der Waals surface area (Å²) in [6, 6.07) is 0. The molecule has 0 aliphatic rings. The van der Waals surface area contributed by atoms with Gasteiger partial charge in [0.25, 0.3) is 0 Å². The summed E-state index contributed by atoms with van der Waals surface area (Å²) < 4.78 is 0. The van der Waals surface area contributed by atoms with Crippen LogP contribution in [-0.4, -0.2) is 45.4 Å². The van der Waals surface area contributed by atoms with Crippen molar-refractivity contribution in [2.45, 2.75) is 31.3 Å². The Kier molecular flexibility index (Phi) is 7.43. The first kappa shape index (κ1) is 12.6. The van der Waals surface area contributed by atoms with E-state index in [9.17, 15) is 10.2 Å². The van der Waals surface area contributed by atoms with E-state index in [1.54, 1.807) is 23.5 Å². The van der Waals surface area contributed by atoms with E-state index in [-0.39, 0.29) is 0 Å². The number of thioether (sulfide) groups is 2. The summed E-state index contributed by atoms with van der Waals surface area (Å²) in [7, 11) is 0. The molecule has 0 amide bonds. The smallest absolute Gasteiger partial charge is 0.0897 e. The van der Waals surface area contributed by atoms with Crippen molar-refractivity contribution in [2.75, 3.05) is 17.8 Å². The van der Waals surface area contributed by atoms with Gasteiger partial charge in [0.2, 0.25) is 0 Å². The van der Waals surface area contributed by atoms with Gasteiger partial charge in [-0.3, -0.25) is 0 Å². The molecule has 0 fully saturated rings. The normalized spacial score (nSPS) is 16.5. The number of rotatable bonds is 6. The Morgan fingerprint density at radius 1 is 1.08 bits per heavy atom. The predicted octanol–water partition coefficient (Wildman–Crippen LogP) is 1.21. The summed E-state index contributed by atoms with van der Waals surface area (Å²) in [5.74, 6) is 1.24. The van der Waals surface area contributed by atoms with Crippen molar-refractivity contribution >= 4 is 23.5 Å². The van der Waals surface area contributed by atoms with Gasteiger partial charge in [-0.05, 0) is 11.5 Å². The number of hydrogen-bond acceptors (Lipinski definition) is 4. The number of aliphatic hydroxyl groups excluding tert-OH is 2. The lowest BCUT2D eigenvalue weighted by atomic mass is 10.3. The molecule has 0 rings (SSSR count). The van der Waals surface area contributed by atoms with Crippen molar-refractivity contribution in [1.29, 1.82) is 0 Å². The predicted molar refractivity (Wildman–Crippen MR) is 58.0 cm³/mol. The van der Waals surface area contributed by atoms with Crippen LogP contribution in [0.15, 0.2) is 0 Å². The molecule has 2 N–H and O–H groups in total. The topological polar surface area (TPSA) is 40.5 Å². The van der Waals surface area contributed by atoms with Gasteiger partial charge in [0.05, 0.1) is 12.2 Å². The van der Waals surface area contributed by atoms with E-state index in [1.165, 1.54) is 0 Å². The second-order valence-corrected chi connectivity index (χ2v) is 5.49. The van der Waals surface area contributed by atoms with Crippen LogP contribution < -0.4 is 0 Å². The fraction of sp³-hybridized carbons (Fsp3) is 1.00. The Hall–Kier alpha value is 0.620. The maximum absolute atomic E-state index is 9.41. The third-order valence-corrected chi connectivity index (χ3v) is 3.26. The van der Waals surface area contributed by atoms with Crippen LogP contribution >= 0.6 is 23.5 Å². The lowest BCUT2D eigenvalue weighted by Gasteiger charge is -2.17. The average molecular weight is 210 g/mol. The lowest BCUT2D eigenvalue weighted by Crippen LogP contribution is -2.30. The van der Waals surface area contributed by atoms with Crippen LogP contribution in [0, 0.1) is 0 Å². The van der Waals surface area contributed by atoms with Crippen molar-refractivity contribution in [2.24, 2.45) is 0 Å². The van der Waals surface area contributed by atoms with Crippen LogP contribution in [0.25, 0.3) is 0 Å². The van der Waals surface area contributed by atoms with Gasteiger partial charge in [-0.2, -0.15) is 23.5 Å². The molecule has 0 aliphatic heterocycles. The Morgan fingerprint density at radius 2 is 1.58 bits per heavy atom. The van der Waals surface area contributed by atoms with Crippen molar-refractivity contribution in [3.63, 3.8) is 0 Å². The highest BCUT2D eigenvalue weighted by atomic mass is 32.2. The van der Waals surface area contributed by atoms with Crippen LogP contribution in [0.3, 0.4) is 0 Å². The van der Waals surface area contributed by atoms with E-state index in [0.29, 0.717) is 16.8 Å². The molecule has 0 aliphatic carbocycles. The van der Waals surface area contributed by atoms with Crippen LogP contribution in [0.4, 0.5) is 0 Å². The van der Waals surface area contributed by atoms with E-state index < -0.39 is 12.2 Å². The first-order valence-corrected chi connectivity index (χ1v) is 6.48. The Labute approximate surface area is 83.1 Å². The van der Waals surface area contributed by atoms with Crippen molar-refractivity contribution in [1.82, 2.24) is 0 Å². The van der Waals surface area contributed by atoms with Crippen LogP contribution in [-0.2, 0) is 0 Å². The third-order valence-electron chi connectivity index (χ3n) is 1.38. The largest absolute Gasteiger partial charge is 0.390 e.